The molecule has 0 aliphatic heterocycles. The SMILES string of the molecule is O=C(NC1CCCCC1)[C@H](c1ccc(Cl)cc1)N(C(=O)CCl)C1CC1. The highest BCUT2D eigenvalue weighted by atomic mass is 35.5. The first-order valence-corrected chi connectivity index (χ1v) is 9.94. The Morgan fingerprint density at radius 1 is 1.08 bits per heavy atom. The summed E-state index contributed by atoms with van der Waals surface area (Å²) in [4.78, 5) is 27.2. The number of benzene rings is 1. The molecule has 2 amide bonds. The Labute approximate surface area is 158 Å². The second kappa shape index (κ2) is 8.41. The quantitative estimate of drug-likeness (QED) is 0.754. The summed E-state index contributed by atoms with van der Waals surface area (Å²) in [5.74, 6) is -0.417. The summed E-state index contributed by atoms with van der Waals surface area (Å²) < 4.78 is 0. The average Bonchev–Trinajstić information content (AvgIpc) is 3.45. The van der Waals surface area contributed by atoms with Crippen molar-refractivity contribution in [2.45, 2.75) is 63.1 Å². The van der Waals surface area contributed by atoms with Gasteiger partial charge in [0, 0.05) is 17.1 Å². The zero-order valence-electron chi connectivity index (χ0n) is 14.2. The molecule has 0 bridgehead atoms. The molecule has 25 heavy (non-hydrogen) atoms. The minimum Gasteiger partial charge on any atom is -0.351 e. The fourth-order valence-corrected chi connectivity index (χ4v) is 3.85. The van der Waals surface area contributed by atoms with E-state index in [2.05, 4.69) is 5.32 Å². The number of hydrogen-bond acceptors (Lipinski definition) is 2. The minimum absolute atomic E-state index is 0.101. The van der Waals surface area contributed by atoms with Crippen LogP contribution >= 0.6 is 23.2 Å². The van der Waals surface area contributed by atoms with Gasteiger partial charge in [-0.15, -0.1) is 11.6 Å². The van der Waals surface area contributed by atoms with Crippen molar-refractivity contribution < 1.29 is 9.59 Å². The Balaban J connectivity index is 1.85. The lowest BCUT2D eigenvalue weighted by atomic mass is 9.94. The first-order valence-electron chi connectivity index (χ1n) is 9.03. The molecular weight excluding hydrogens is 359 g/mol. The van der Waals surface area contributed by atoms with E-state index in [-0.39, 0.29) is 29.8 Å². The zero-order chi connectivity index (χ0) is 17.8. The van der Waals surface area contributed by atoms with Crippen LogP contribution in [0.2, 0.25) is 5.02 Å². The largest absolute Gasteiger partial charge is 0.351 e. The van der Waals surface area contributed by atoms with Crippen LogP contribution < -0.4 is 5.32 Å². The first-order chi connectivity index (χ1) is 12.1. The van der Waals surface area contributed by atoms with Crippen molar-refractivity contribution in [3.63, 3.8) is 0 Å². The van der Waals surface area contributed by atoms with Crippen LogP contribution in [0.25, 0.3) is 0 Å². The molecule has 2 fully saturated rings. The third-order valence-electron chi connectivity index (χ3n) is 5.01. The maximum Gasteiger partial charge on any atom is 0.247 e. The Bertz CT molecular complexity index is 610. The lowest BCUT2D eigenvalue weighted by Crippen LogP contribution is -2.48. The van der Waals surface area contributed by atoms with Crippen LogP contribution in [0.4, 0.5) is 0 Å². The first kappa shape index (κ1) is 18.5. The minimum atomic E-state index is -0.641. The number of nitrogens with one attached hydrogen (secondary N) is 1. The predicted molar refractivity (Wildman–Crippen MR) is 99.8 cm³/mol. The van der Waals surface area contributed by atoms with Gasteiger partial charge in [0.1, 0.15) is 11.9 Å². The van der Waals surface area contributed by atoms with Crippen molar-refractivity contribution in [1.82, 2.24) is 10.2 Å². The lowest BCUT2D eigenvalue weighted by Gasteiger charge is -2.33. The van der Waals surface area contributed by atoms with Gasteiger partial charge in [0.2, 0.25) is 11.8 Å². The average molecular weight is 383 g/mol. The maximum atomic E-state index is 13.1. The monoisotopic (exact) mass is 382 g/mol. The number of hydrogen-bond donors (Lipinski definition) is 1. The summed E-state index contributed by atoms with van der Waals surface area (Å²) in [7, 11) is 0. The lowest BCUT2D eigenvalue weighted by molar-refractivity contribution is -0.140. The van der Waals surface area contributed by atoms with Crippen molar-refractivity contribution >= 4 is 35.0 Å². The van der Waals surface area contributed by atoms with Crippen LogP contribution in [0.3, 0.4) is 0 Å². The third-order valence-corrected chi connectivity index (χ3v) is 5.49. The predicted octanol–water partition coefficient (Wildman–Crippen LogP) is 4.06. The number of nitrogens with zero attached hydrogens (tertiary/aromatic N) is 1. The highest BCUT2D eigenvalue weighted by Crippen LogP contribution is 2.35. The normalized spacial score (nSPS) is 19.3. The number of rotatable bonds is 6. The van der Waals surface area contributed by atoms with Crippen LogP contribution in [0.5, 0.6) is 0 Å². The van der Waals surface area contributed by atoms with Crippen molar-refractivity contribution in [2.24, 2.45) is 0 Å². The third kappa shape index (κ3) is 4.68. The van der Waals surface area contributed by atoms with Crippen molar-refractivity contribution in [1.29, 1.82) is 0 Å². The van der Waals surface area contributed by atoms with Crippen LogP contribution in [0.1, 0.15) is 56.6 Å². The van der Waals surface area contributed by atoms with Gasteiger partial charge in [-0.25, -0.2) is 0 Å². The molecule has 1 aromatic rings. The van der Waals surface area contributed by atoms with Gasteiger partial charge in [0.15, 0.2) is 0 Å². The standard InChI is InChI=1S/C19H24Cl2N2O2/c20-12-17(24)23(16-10-11-16)18(13-6-8-14(21)9-7-13)19(25)22-15-4-2-1-3-5-15/h6-9,15-16,18H,1-5,10-12H2,(H,22,25)/t18-/m0/s1. The van der Waals surface area contributed by atoms with E-state index < -0.39 is 6.04 Å². The van der Waals surface area contributed by atoms with Crippen molar-refractivity contribution in [2.75, 3.05) is 5.88 Å². The van der Waals surface area contributed by atoms with E-state index in [1.54, 1.807) is 17.0 Å². The van der Waals surface area contributed by atoms with Crippen molar-refractivity contribution in [3.8, 4) is 0 Å². The number of alkyl halides is 1. The van der Waals surface area contributed by atoms with Gasteiger partial charge < -0.3 is 10.2 Å². The van der Waals surface area contributed by atoms with Crippen LogP contribution in [0.15, 0.2) is 24.3 Å². The van der Waals surface area contributed by atoms with Gasteiger partial charge in [-0.2, -0.15) is 0 Å². The number of carbonyl (C=O) groups is 2. The molecule has 2 aliphatic rings. The van der Waals surface area contributed by atoms with Crippen LogP contribution in [-0.2, 0) is 9.59 Å². The maximum absolute atomic E-state index is 13.1. The number of halogens is 2. The summed E-state index contributed by atoms with van der Waals surface area (Å²) in [6, 6.07) is 6.82. The summed E-state index contributed by atoms with van der Waals surface area (Å²) in [5.41, 5.74) is 0.781. The summed E-state index contributed by atoms with van der Waals surface area (Å²) in [6.45, 7) is 0. The van der Waals surface area contributed by atoms with E-state index in [9.17, 15) is 9.59 Å². The zero-order valence-corrected chi connectivity index (χ0v) is 15.7. The molecule has 0 radical (unpaired) electrons. The molecule has 4 nitrogen and oxygen atoms in total. The summed E-state index contributed by atoms with van der Waals surface area (Å²) in [5, 5.41) is 3.77. The van der Waals surface area contributed by atoms with Crippen LogP contribution in [0, 0.1) is 0 Å². The number of carbonyl (C=O) groups excluding carboxylic acids is 2. The van der Waals surface area contributed by atoms with Crippen LogP contribution in [-0.4, -0.2) is 34.7 Å². The second-order valence-electron chi connectivity index (χ2n) is 6.96. The van der Waals surface area contributed by atoms with Gasteiger partial charge >= 0.3 is 0 Å². The molecular formula is C19H24Cl2N2O2. The molecule has 136 valence electrons. The molecule has 6 heteroatoms. The van der Waals surface area contributed by atoms with Gasteiger partial charge in [-0.05, 0) is 43.4 Å². The molecule has 1 N–H and O–H groups in total. The molecule has 1 atom stereocenters. The van der Waals surface area contributed by atoms with Gasteiger partial charge in [0.25, 0.3) is 0 Å². The van der Waals surface area contributed by atoms with E-state index in [1.165, 1.54) is 6.42 Å². The van der Waals surface area contributed by atoms with Gasteiger partial charge in [-0.1, -0.05) is 43.0 Å². The Hall–Kier alpha value is -1.26. The molecule has 0 saturated heterocycles. The molecule has 1 aromatic carbocycles. The van der Waals surface area contributed by atoms with E-state index in [4.69, 9.17) is 23.2 Å². The fraction of sp³-hybridized carbons (Fsp3) is 0.579. The van der Waals surface area contributed by atoms with E-state index in [0.29, 0.717) is 5.02 Å². The summed E-state index contributed by atoms with van der Waals surface area (Å²) >= 11 is 11.8. The summed E-state index contributed by atoms with van der Waals surface area (Å²) in [6.07, 6.45) is 7.36. The topological polar surface area (TPSA) is 49.4 Å². The Morgan fingerprint density at radius 2 is 1.72 bits per heavy atom. The fourth-order valence-electron chi connectivity index (χ4n) is 3.59. The molecule has 0 spiro atoms. The van der Waals surface area contributed by atoms with E-state index in [0.717, 1.165) is 44.1 Å². The molecule has 0 heterocycles. The Morgan fingerprint density at radius 3 is 2.28 bits per heavy atom. The Kier molecular flexibility index (Phi) is 6.24. The molecule has 0 aromatic heterocycles. The van der Waals surface area contributed by atoms with E-state index in [1.807, 2.05) is 12.1 Å². The molecule has 3 rings (SSSR count). The van der Waals surface area contributed by atoms with E-state index >= 15 is 0 Å². The second-order valence-corrected chi connectivity index (χ2v) is 7.67. The highest BCUT2D eigenvalue weighted by molar-refractivity contribution is 6.30. The molecule has 0 unspecified atom stereocenters. The van der Waals surface area contributed by atoms with Gasteiger partial charge in [-0.3, -0.25) is 9.59 Å². The van der Waals surface area contributed by atoms with Gasteiger partial charge in [0.05, 0.1) is 0 Å². The molecule has 2 saturated carbocycles. The smallest absolute Gasteiger partial charge is 0.247 e. The molecule has 2 aliphatic carbocycles. The van der Waals surface area contributed by atoms with Crippen molar-refractivity contribution in [3.05, 3.63) is 34.9 Å². The number of amides is 2. The highest BCUT2D eigenvalue weighted by Gasteiger charge is 2.41.